The van der Waals surface area contributed by atoms with Crippen LogP contribution in [-0.2, 0) is 4.84 Å². The van der Waals surface area contributed by atoms with E-state index in [1.165, 1.54) is 5.56 Å². The molecule has 3 heterocycles. The van der Waals surface area contributed by atoms with Crippen LogP contribution in [0.3, 0.4) is 0 Å². The molecule has 1 N–H and O–H groups in total. The van der Waals surface area contributed by atoms with Crippen LogP contribution < -0.4 is 15.1 Å². The molecule has 0 aromatic heterocycles. The van der Waals surface area contributed by atoms with Crippen molar-refractivity contribution in [3.8, 4) is 11.5 Å². The van der Waals surface area contributed by atoms with Gasteiger partial charge in [-0.25, -0.2) is 5.06 Å². The average Bonchev–Trinajstić information content (AvgIpc) is 3.03. The zero-order valence-electron chi connectivity index (χ0n) is 14.5. The Bertz CT molecular complexity index is 809. The molecule has 136 valence electrons. The molecule has 5 rings (SSSR count). The molecule has 3 aliphatic rings. The summed E-state index contributed by atoms with van der Waals surface area (Å²) < 4.78 is 6.18. The monoisotopic (exact) mass is 371 g/mol. The molecule has 0 spiro atoms. The largest absolute Gasteiger partial charge is 0.455 e. The SMILES string of the molecule is Clc1ccc2c(c1)N1O[C@H](CN3CCNCC3)C[C@@H]1c1ccccc1O2. The Morgan fingerprint density at radius 1 is 1.08 bits per heavy atom. The van der Waals surface area contributed by atoms with Gasteiger partial charge in [0, 0.05) is 49.7 Å². The van der Waals surface area contributed by atoms with Crippen LogP contribution in [0.1, 0.15) is 18.0 Å². The first-order valence-corrected chi connectivity index (χ1v) is 9.61. The smallest absolute Gasteiger partial charge is 0.153 e. The highest BCUT2D eigenvalue weighted by Gasteiger charge is 2.40. The number of ether oxygens (including phenoxy) is 1. The molecule has 2 atom stereocenters. The zero-order chi connectivity index (χ0) is 17.5. The van der Waals surface area contributed by atoms with Crippen molar-refractivity contribution >= 4 is 17.3 Å². The van der Waals surface area contributed by atoms with Gasteiger partial charge >= 0.3 is 0 Å². The standard InChI is InChI=1S/C20H22ClN3O2/c21-14-5-6-20-18(11-14)24-17(16-3-1-2-4-19(16)25-20)12-15(26-24)13-23-9-7-22-8-10-23/h1-6,11,15,17,22H,7-10,12-13H2/t15-,17+/m0/s1. The van der Waals surface area contributed by atoms with Gasteiger partial charge in [0.15, 0.2) is 5.75 Å². The maximum atomic E-state index is 6.42. The number of rotatable bonds is 2. The molecule has 2 aromatic rings. The Labute approximate surface area is 158 Å². The molecule has 0 radical (unpaired) electrons. The lowest BCUT2D eigenvalue weighted by Gasteiger charge is -2.29. The fraction of sp³-hybridized carbons (Fsp3) is 0.400. The van der Waals surface area contributed by atoms with E-state index in [0.717, 1.165) is 56.3 Å². The predicted molar refractivity (Wildman–Crippen MR) is 102 cm³/mol. The van der Waals surface area contributed by atoms with Crippen LogP contribution in [0.4, 0.5) is 5.69 Å². The summed E-state index contributed by atoms with van der Waals surface area (Å²) in [6, 6.07) is 14.1. The Hall–Kier alpha value is -1.79. The second-order valence-corrected chi connectivity index (χ2v) is 7.54. The summed E-state index contributed by atoms with van der Waals surface area (Å²) in [6.07, 6.45) is 1.10. The molecule has 0 aliphatic carbocycles. The number of anilines is 1. The molecular formula is C20H22ClN3O2. The second-order valence-electron chi connectivity index (χ2n) is 7.11. The van der Waals surface area contributed by atoms with Crippen LogP contribution in [0.5, 0.6) is 11.5 Å². The first-order valence-electron chi connectivity index (χ1n) is 9.23. The van der Waals surface area contributed by atoms with Gasteiger partial charge in [0.2, 0.25) is 0 Å². The molecule has 2 aromatic carbocycles. The van der Waals surface area contributed by atoms with Crippen molar-refractivity contribution in [2.24, 2.45) is 0 Å². The fourth-order valence-corrected chi connectivity index (χ4v) is 4.27. The minimum atomic E-state index is 0.138. The third-order valence-corrected chi connectivity index (χ3v) is 5.59. The highest BCUT2D eigenvalue weighted by atomic mass is 35.5. The van der Waals surface area contributed by atoms with Gasteiger partial charge in [-0.15, -0.1) is 0 Å². The van der Waals surface area contributed by atoms with E-state index >= 15 is 0 Å². The summed E-state index contributed by atoms with van der Waals surface area (Å²) in [4.78, 5) is 8.90. The van der Waals surface area contributed by atoms with Gasteiger partial charge in [-0.2, -0.15) is 0 Å². The maximum absolute atomic E-state index is 6.42. The molecule has 2 fully saturated rings. The fourth-order valence-electron chi connectivity index (χ4n) is 4.11. The van der Waals surface area contributed by atoms with Crippen molar-refractivity contribution in [3.63, 3.8) is 0 Å². The van der Waals surface area contributed by atoms with Gasteiger partial charge in [-0.1, -0.05) is 29.8 Å². The summed E-state index contributed by atoms with van der Waals surface area (Å²) in [5.74, 6) is 1.68. The van der Waals surface area contributed by atoms with Crippen LogP contribution in [0.2, 0.25) is 5.02 Å². The normalized spacial score (nSPS) is 25.0. The molecule has 0 unspecified atom stereocenters. The topological polar surface area (TPSA) is 37.0 Å². The average molecular weight is 372 g/mol. The Kier molecular flexibility index (Phi) is 4.25. The van der Waals surface area contributed by atoms with Crippen molar-refractivity contribution < 1.29 is 9.57 Å². The van der Waals surface area contributed by atoms with E-state index < -0.39 is 0 Å². The Balaban J connectivity index is 1.48. The molecule has 6 heteroatoms. The molecule has 5 nitrogen and oxygen atoms in total. The van der Waals surface area contributed by atoms with E-state index in [1.807, 2.05) is 35.4 Å². The lowest BCUT2D eigenvalue weighted by Crippen LogP contribution is -2.46. The number of nitrogens with one attached hydrogen (secondary N) is 1. The maximum Gasteiger partial charge on any atom is 0.153 e. The van der Waals surface area contributed by atoms with Crippen molar-refractivity contribution in [3.05, 3.63) is 53.1 Å². The second kappa shape index (κ2) is 6.74. The molecule has 3 aliphatic heterocycles. The van der Waals surface area contributed by atoms with Crippen molar-refractivity contribution in [2.45, 2.75) is 18.6 Å². The third kappa shape index (κ3) is 2.95. The highest BCUT2D eigenvalue weighted by molar-refractivity contribution is 6.30. The van der Waals surface area contributed by atoms with Crippen LogP contribution >= 0.6 is 11.6 Å². The quantitative estimate of drug-likeness (QED) is 0.872. The number of nitrogens with zero attached hydrogens (tertiary/aromatic N) is 2. The summed E-state index contributed by atoms with van der Waals surface area (Å²) in [6.45, 7) is 5.21. The van der Waals surface area contributed by atoms with E-state index in [2.05, 4.69) is 22.3 Å². The van der Waals surface area contributed by atoms with Crippen molar-refractivity contribution in [1.82, 2.24) is 10.2 Å². The number of piperazine rings is 1. The zero-order valence-corrected chi connectivity index (χ0v) is 15.3. The minimum Gasteiger partial charge on any atom is -0.455 e. The molecule has 0 bridgehead atoms. The van der Waals surface area contributed by atoms with Gasteiger partial charge in [0.1, 0.15) is 17.5 Å². The number of hydroxylamine groups is 1. The van der Waals surface area contributed by atoms with Crippen LogP contribution in [-0.4, -0.2) is 43.7 Å². The number of fused-ring (bicyclic) bond motifs is 5. The number of halogens is 1. The van der Waals surface area contributed by atoms with Crippen molar-refractivity contribution in [2.75, 3.05) is 37.8 Å². The molecule has 0 amide bonds. The first-order chi connectivity index (χ1) is 12.8. The third-order valence-electron chi connectivity index (χ3n) is 5.36. The van der Waals surface area contributed by atoms with Crippen molar-refractivity contribution in [1.29, 1.82) is 0 Å². The number of hydrogen-bond donors (Lipinski definition) is 1. The summed E-state index contributed by atoms with van der Waals surface area (Å²) in [5, 5.41) is 6.11. The van der Waals surface area contributed by atoms with Crippen LogP contribution in [0.15, 0.2) is 42.5 Å². The van der Waals surface area contributed by atoms with E-state index in [4.69, 9.17) is 21.2 Å². The van der Waals surface area contributed by atoms with Crippen LogP contribution in [0.25, 0.3) is 0 Å². The van der Waals surface area contributed by atoms with Gasteiger partial charge in [-0.3, -0.25) is 9.74 Å². The minimum absolute atomic E-state index is 0.138. The first kappa shape index (κ1) is 16.4. The highest BCUT2D eigenvalue weighted by Crippen LogP contribution is 2.49. The summed E-state index contributed by atoms with van der Waals surface area (Å²) in [5.41, 5.74) is 2.07. The molecule has 26 heavy (non-hydrogen) atoms. The van der Waals surface area contributed by atoms with Crippen LogP contribution in [0, 0.1) is 0 Å². The van der Waals surface area contributed by atoms with E-state index in [0.29, 0.717) is 5.02 Å². The Morgan fingerprint density at radius 2 is 1.92 bits per heavy atom. The summed E-state index contributed by atoms with van der Waals surface area (Å²) in [7, 11) is 0. The number of hydrogen-bond acceptors (Lipinski definition) is 5. The van der Waals surface area contributed by atoms with E-state index in [1.54, 1.807) is 0 Å². The van der Waals surface area contributed by atoms with E-state index in [9.17, 15) is 0 Å². The summed E-state index contributed by atoms with van der Waals surface area (Å²) >= 11 is 6.27. The molecular weight excluding hydrogens is 350 g/mol. The lowest BCUT2D eigenvalue weighted by atomic mass is 10.00. The molecule has 0 saturated carbocycles. The predicted octanol–water partition coefficient (Wildman–Crippen LogP) is 3.60. The van der Waals surface area contributed by atoms with E-state index in [-0.39, 0.29) is 12.1 Å². The van der Waals surface area contributed by atoms with Gasteiger partial charge in [0.05, 0.1) is 6.04 Å². The lowest BCUT2D eigenvalue weighted by molar-refractivity contribution is 0.0502. The number of para-hydroxylation sites is 1. The molecule has 2 saturated heterocycles. The van der Waals surface area contributed by atoms with Gasteiger partial charge in [0.25, 0.3) is 0 Å². The van der Waals surface area contributed by atoms with Gasteiger partial charge < -0.3 is 10.1 Å². The Morgan fingerprint density at radius 3 is 2.81 bits per heavy atom. The van der Waals surface area contributed by atoms with Gasteiger partial charge in [-0.05, 0) is 24.3 Å². The number of benzene rings is 2.